The molecular weight excluding hydrogens is 234 g/mol. The van der Waals surface area contributed by atoms with Crippen LogP contribution in [0, 0.1) is 5.92 Å². The summed E-state index contributed by atoms with van der Waals surface area (Å²) in [6.07, 6.45) is 5.08. The van der Waals surface area contributed by atoms with Gasteiger partial charge in [-0.3, -0.25) is 0 Å². The summed E-state index contributed by atoms with van der Waals surface area (Å²) in [6.45, 7) is 1.37. The van der Waals surface area contributed by atoms with Crippen molar-refractivity contribution >= 4 is 5.97 Å². The molecule has 1 aromatic heterocycles. The molecule has 0 atom stereocenters. The second-order valence-corrected chi connectivity index (χ2v) is 4.89. The number of furan rings is 1. The Morgan fingerprint density at radius 1 is 1.39 bits per heavy atom. The Balaban J connectivity index is 1.75. The van der Waals surface area contributed by atoms with Crippen LogP contribution in [0.5, 0.6) is 0 Å². The Morgan fingerprint density at radius 2 is 2.11 bits per heavy atom. The molecule has 1 heterocycles. The van der Waals surface area contributed by atoms with Gasteiger partial charge in [0.2, 0.25) is 5.76 Å². The van der Waals surface area contributed by atoms with Crippen molar-refractivity contribution in [3.05, 3.63) is 23.7 Å². The maximum atomic E-state index is 10.8. The fourth-order valence-corrected chi connectivity index (χ4v) is 2.42. The van der Waals surface area contributed by atoms with Gasteiger partial charge in [0.15, 0.2) is 0 Å². The SMILES string of the molecule is O=C(O)c1occc1CNCC1CCC(O)CC1. The highest BCUT2D eigenvalue weighted by molar-refractivity contribution is 5.86. The molecule has 1 saturated carbocycles. The predicted octanol–water partition coefficient (Wildman–Crippen LogP) is 1.62. The van der Waals surface area contributed by atoms with Crippen LogP contribution < -0.4 is 5.32 Å². The molecule has 0 spiro atoms. The Morgan fingerprint density at radius 3 is 2.78 bits per heavy atom. The third-order valence-electron chi connectivity index (χ3n) is 3.51. The summed E-state index contributed by atoms with van der Waals surface area (Å²) in [5, 5.41) is 21.5. The van der Waals surface area contributed by atoms with Gasteiger partial charge in [-0.2, -0.15) is 0 Å². The fourth-order valence-electron chi connectivity index (χ4n) is 2.42. The summed E-state index contributed by atoms with van der Waals surface area (Å²) in [5.41, 5.74) is 0.679. The summed E-state index contributed by atoms with van der Waals surface area (Å²) >= 11 is 0. The van der Waals surface area contributed by atoms with Crippen molar-refractivity contribution in [3.63, 3.8) is 0 Å². The van der Waals surface area contributed by atoms with Gasteiger partial charge in [-0.15, -0.1) is 0 Å². The van der Waals surface area contributed by atoms with E-state index in [1.807, 2.05) is 0 Å². The first-order chi connectivity index (χ1) is 8.66. The maximum absolute atomic E-state index is 10.8. The molecule has 18 heavy (non-hydrogen) atoms. The molecule has 100 valence electrons. The molecule has 1 aliphatic rings. The van der Waals surface area contributed by atoms with Crippen LogP contribution in [-0.2, 0) is 6.54 Å². The van der Waals surface area contributed by atoms with Crippen LogP contribution in [-0.4, -0.2) is 28.8 Å². The predicted molar refractivity (Wildman–Crippen MR) is 65.3 cm³/mol. The van der Waals surface area contributed by atoms with Crippen LogP contribution in [0.2, 0.25) is 0 Å². The van der Waals surface area contributed by atoms with E-state index in [-0.39, 0.29) is 11.9 Å². The van der Waals surface area contributed by atoms with Crippen molar-refractivity contribution in [2.24, 2.45) is 5.92 Å². The van der Waals surface area contributed by atoms with E-state index >= 15 is 0 Å². The number of aliphatic hydroxyl groups is 1. The number of hydrogen-bond acceptors (Lipinski definition) is 4. The van der Waals surface area contributed by atoms with E-state index in [1.54, 1.807) is 6.07 Å². The van der Waals surface area contributed by atoms with E-state index in [2.05, 4.69) is 5.32 Å². The summed E-state index contributed by atoms with van der Waals surface area (Å²) in [7, 11) is 0. The Hall–Kier alpha value is -1.33. The number of aliphatic hydroxyl groups excluding tert-OH is 1. The minimum absolute atomic E-state index is 0.0153. The lowest BCUT2D eigenvalue weighted by molar-refractivity contribution is 0.0660. The molecule has 1 aromatic rings. The molecule has 3 N–H and O–H groups in total. The number of rotatable bonds is 5. The zero-order valence-corrected chi connectivity index (χ0v) is 10.3. The minimum atomic E-state index is -1.03. The Kier molecular flexibility index (Phi) is 4.38. The molecule has 5 heteroatoms. The van der Waals surface area contributed by atoms with Crippen LogP contribution in [0.1, 0.15) is 41.8 Å². The zero-order chi connectivity index (χ0) is 13.0. The van der Waals surface area contributed by atoms with Crippen molar-refractivity contribution < 1.29 is 19.4 Å². The molecule has 1 fully saturated rings. The first-order valence-electron chi connectivity index (χ1n) is 6.35. The number of nitrogens with one attached hydrogen (secondary N) is 1. The van der Waals surface area contributed by atoms with Crippen LogP contribution in [0.25, 0.3) is 0 Å². The van der Waals surface area contributed by atoms with Gasteiger partial charge >= 0.3 is 5.97 Å². The largest absolute Gasteiger partial charge is 0.475 e. The second kappa shape index (κ2) is 6.02. The van der Waals surface area contributed by atoms with Crippen LogP contribution >= 0.6 is 0 Å². The van der Waals surface area contributed by atoms with Crippen molar-refractivity contribution in [3.8, 4) is 0 Å². The van der Waals surface area contributed by atoms with Crippen molar-refractivity contribution in [1.29, 1.82) is 0 Å². The minimum Gasteiger partial charge on any atom is -0.475 e. The number of hydrogen-bond donors (Lipinski definition) is 3. The standard InChI is InChI=1S/C13H19NO4/c15-11-3-1-9(2-4-11)7-14-8-10-5-6-18-12(10)13(16)17/h5-6,9,11,14-15H,1-4,7-8H2,(H,16,17). The first-order valence-corrected chi connectivity index (χ1v) is 6.35. The molecule has 2 rings (SSSR count). The lowest BCUT2D eigenvalue weighted by Crippen LogP contribution is -2.28. The van der Waals surface area contributed by atoms with Crippen molar-refractivity contribution in [1.82, 2.24) is 5.32 Å². The molecule has 0 aliphatic heterocycles. The van der Waals surface area contributed by atoms with Gasteiger partial charge in [-0.25, -0.2) is 4.79 Å². The van der Waals surface area contributed by atoms with Crippen molar-refractivity contribution in [2.45, 2.75) is 38.3 Å². The molecule has 0 amide bonds. The average Bonchev–Trinajstić information content (AvgIpc) is 2.80. The molecule has 0 bridgehead atoms. The van der Waals surface area contributed by atoms with Crippen LogP contribution in [0.3, 0.4) is 0 Å². The van der Waals surface area contributed by atoms with Crippen molar-refractivity contribution in [2.75, 3.05) is 6.54 Å². The third kappa shape index (κ3) is 3.34. The van der Waals surface area contributed by atoms with Crippen LogP contribution in [0.4, 0.5) is 0 Å². The molecule has 0 radical (unpaired) electrons. The van der Waals surface area contributed by atoms with Gasteiger partial charge in [0.1, 0.15) is 0 Å². The lowest BCUT2D eigenvalue weighted by atomic mass is 9.87. The highest BCUT2D eigenvalue weighted by atomic mass is 16.4. The number of carbonyl (C=O) groups is 1. The molecule has 0 unspecified atom stereocenters. The highest BCUT2D eigenvalue weighted by Crippen LogP contribution is 2.23. The topological polar surface area (TPSA) is 82.7 Å². The van der Waals surface area contributed by atoms with Crippen LogP contribution in [0.15, 0.2) is 16.7 Å². The van der Waals surface area contributed by atoms with E-state index in [1.165, 1.54) is 6.26 Å². The summed E-state index contributed by atoms with van der Waals surface area (Å²) in [4.78, 5) is 10.8. The molecule has 5 nitrogen and oxygen atoms in total. The summed E-state index contributed by atoms with van der Waals surface area (Å²) < 4.78 is 4.91. The quantitative estimate of drug-likeness (QED) is 0.742. The van der Waals surface area contributed by atoms with E-state index in [0.29, 0.717) is 18.0 Å². The maximum Gasteiger partial charge on any atom is 0.372 e. The molecule has 1 aliphatic carbocycles. The average molecular weight is 253 g/mol. The molecular formula is C13H19NO4. The van der Waals surface area contributed by atoms with Gasteiger partial charge in [-0.1, -0.05) is 0 Å². The third-order valence-corrected chi connectivity index (χ3v) is 3.51. The van der Waals surface area contributed by atoms with E-state index < -0.39 is 5.97 Å². The van der Waals surface area contributed by atoms with E-state index in [0.717, 1.165) is 32.2 Å². The zero-order valence-electron chi connectivity index (χ0n) is 10.3. The van der Waals surface area contributed by atoms with Gasteiger partial charge in [0.25, 0.3) is 0 Å². The molecule has 0 aromatic carbocycles. The summed E-state index contributed by atoms with van der Waals surface area (Å²) in [5.74, 6) is -0.437. The normalized spacial score (nSPS) is 24.1. The molecule has 0 saturated heterocycles. The van der Waals surface area contributed by atoms with Gasteiger partial charge in [0, 0.05) is 12.1 Å². The Bertz CT molecular complexity index is 393. The van der Waals surface area contributed by atoms with E-state index in [9.17, 15) is 9.90 Å². The highest BCUT2D eigenvalue weighted by Gasteiger charge is 2.19. The number of carboxylic acid groups (broad SMARTS) is 1. The summed E-state index contributed by atoms with van der Waals surface area (Å²) in [6, 6.07) is 1.68. The Labute approximate surface area is 106 Å². The van der Waals surface area contributed by atoms with Gasteiger partial charge < -0.3 is 19.9 Å². The monoisotopic (exact) mass is 253 g/mol. The van der Waals surface area contributed by atoms with Gasteiger partial charge in [0.05, 0.1) is 12.4 Å². The second-order valence-electron chi connectivity index (χ2n) is 4.89. The van der Waals surface area contributed by atoms with Gasteiger partial charge in [-0.05, 0) is 44.2 Å². The fraction of sp³-hybridized carbons (Fsp3) is 0.615. The number of aromatic carboxylic acids is 1. The van der Waals surface area contributed by atoms with E-state index in [4.69, 9.17) is 9.52 Å². The number of carboxylic acids is 1. The smallest absolute Gasteiger partial charge is 0.372 e. The first kappa shape index (κ1) is 13.1. The lowest BCUT2D eigenvalue weighted by Gasteiger charge is -2.25.